The number of hydrogen-bond acceptors (Lipinski definition) is 4. The van der Waals surface area contributed by atoms with Crippen LogP contribution in [-0.4, -0.2) is 22.6 Å². The van der Waals surface area contributed by atoms with E-state index >= 15 is 0 Å². The predicted molar refractivity (Wildman–Crippen MR) is 72.7 cm³/mol. The SMILES string of the molecule is Cc1ccc(S(N)(=O)=O)cc1NS(=O)(=O)CC1CC1. The highest BCUT2D eigenvalue weighted by Gasteiger charge is 2.28. The third-order valence-corrected chi connectivity index (χ3v) is 5.31. The summed E-state index contributed by atoms with van der Waals surface area (Å²) >= 11 is 0. The molecule has 0 bridgehead atoms. The molecule has 0 amide bonds. The summed E-state index contributed by atoms with van der Waals surface area (Å²) in [5.74, 6) is 0.297. The van der Waals surface area contributed by atoms with Gasteiger partial charge in [-0.2, -0.15) is 0 Å². The second kappa shape index (κ2) is 4.77. The monoisotopic (exact) mass is 304 g/mol. The van der Waals surface area contributed by atoms with Crippen LogP contribution >= 0.6 is 0 Å². The second-order valence-electron chi connectivity index (χ2n) is 4.85. The van der Waals surface area contributed by atoms with E-state index in [1.165, 1.54) is 18.2 Å². The molecule has 0 aliphatic heterocycles. The van der Waals surface area contributed by atoms with E-state index in [1.807, 2.05) is 0 Å². The van der Waals surface area contributed by atoms with Crippen LogP contribution in [0.2, 0.25) is 0 Å². The lowest BCUT2D eigenvalue weighted by Gasteiger charge is -2.11. The summed E-state index contributed by atoms with van der Waals surface area (Å²) in [6, 6.07) is 4.12. The molecule has 0 radical (unpaired) electrons. The molecule has 0 aromatic heterocycles. The van der Waals surface area contributed by atoms with E-state index < -0.39 is 20.0 Å². The van der Waals surface area contributed by atoms with Crippen LogP contribution in [0.25, 0.3) is 0 Å². The van der Waals surface area contributed by atoms with Crippen molar-refractivity contribution in [3.8, 4) is 0 Å². The number of primary sulfonamides is 1. The number of aryl methyl sites for hydroxylation is 1. The molecule has 0 unspecified atom stereocenters. The Kier molecular flexibility index (Phi) is 3.59. The van der Waals surface area contributed by atoms with E-state index in [4.69, 9.17) is 5.14 Å². The summed E-state index contributed by atoms with van der Waals surface area (Å²) in [5, 5.41) is 5.03. The van der Waals surface area contributed by atoms with E-state index in [-0.39, 0.29) is 22.3 Å². The molecule has 1 fully saturated rings. The molecule has 0 saturated heterocycles. The third-order valence-electron chi connectivity index (χ3n) is 2.96. The largest absolute Gasteiger partial charge is 0.283 e. The smallest absolute Gasteiger partial charge is 0.238 e. The van der Waals surface area contributed by atoms with Crippen LogP contribution in [0.4, 0.5) is 5.69 Å². The highest BCUT2D eigenvalue weighted by Crippen LogP contribution is 2.31. The van der Waals surface area contributed by atoms with Crippen LogP contribution in [0.1, 0.15) is 18.4 Å². The van der Waals surface area contributed by atoms with Crippen molar-refractivity contribution in [3.63, 3.8) is 0 Å². The van der Waals surface area contributed by atoms with Gasteiger partial charge in [0.05, 0.1) is 16.3 Å². The van der Waals surface area contributed by atoms with Gasteiger partial charge in [-0.05, 0) is 43.4 Å². The molecule has 1 saturated carbocycles. The minimum atomic E-state index is -3.84. The van der Waals surface area contributed by atoms with E-state index in [2.05, 4.69) is 4.72 Å². The summed E-state index contributed by atoms with van der Waals surface area (Å²) < 4.78 is 48.7. The quantitative estimate of drug-likeness (QED) is 0.838. The van der Waals surface area contributed by atoms with Gasteiger partial charge in [0.1, 0.15) is 0 Å². The highest BCUT2D eigenvalue weighted by atomic mass is 32.2. The zero-order valence-corrected chi connectivity index (χ0v) is 12.1. The topological polar surface area (TPSA) is 106 Å². The van der Waals surface area contributed by atoms with Gasteiger partial charge in [-0.15, -0.1) is 0 Å². The fourth-order valence-electron chi connectivity index (χ4n) is 1.69. The van der Waals surface area contributed by atoms with Gasteiger partial charge in [0, 0.05) is 0 Å². The van der Waals surface area contributed by atoms with Gasteiger partial charge in [-0.1, -0.05) is 6.07 Å². The van der Waals surface area contributed by atoms with Crippen LogP contribution in [0.5, 0.6) is 0 Å². The van der Waals surface area contributed by atoms with Gasteiger partial charge in [-0.25, -0.2) is 22.0 Å². The summed E-state index contributed by atoms with van der Waals surface area (Å²) in [5.41, 5.74) is 0.902. The Labute approximate surface area is 113 Å². The number of anilines is 1. The van der Waals surface area contributed by atoms with Crippen LogP contribution in [0, 0.1) is 12.8 Å². The Morgan fingerprint density at radius 1 is 1.26 bits per heavy atom. The standard InChI is InChI=1S/C11H16N2O4S2/c1-8-2-5-10(19(12,16)17)6-11(8)13-18(14,15)7-9-3-4-9/h2,5-6,9,13H,3-4,7H2,1H3,(H2,12,16,17). The molecule has 1 aliphatic carbocycles. The summed E-state index contributed by atoms with van der Waals surface area (Å²) in [6.07, 6.45) is 1.86. The molecule has 0 spiro atoms. The minimum Gasteiger partial charge on any atom is -0.283 e. The fourth-order valence-corrected chi connectivity index (χ4v) is 3.82. The second-order valence-corrected chi connectivity index (χ2v) is 8.18. The first-order valence-corrected chi connectivity index (χ1v) is 9.01. The Morgan fingerprint density at radius 2 is 1.89 bits per heavy atom. The molecule has 19 heavy (non-hydrogen) atoms. The molecule has 106 valence electrons. The molecule has 0 atom stereocenters. The maximum absolute atomic E-state index is 11.9. The normalized spacial score (nSPS) is 16.3. The summed E-state index contributed by atoms with van der Waals surface area (Å²) in [4.78, 5) is -0.109. The molecule has 3 N–H and O–H groups in total. The van der Waals surface area contributed by atoms with Crippen molar-refractivity contribution in [3.05, 3.63) is 23.8 Å². The number of hydrogen-bond donors (Lipinski definition) is 2. The first-order valence-electron chi connectivity index (χ1n) is 5.81. The predicted octanol–water partition coefficient (Wildman–Crippen LogP) is 0.794. The molecule has 1 aromatic rings. The Bertz CT molecular complexity index is 691. The number of nitrogens with one attached hydrogen (secondary N) is 1. The first-order chi connectivity index (χ1) is 8.67. The van der Waals surface area contributed by atoms with Crippen LogP contribution < -0.4 is 9.86 Å². The first kappa shape index (κ1) is 14.3. The third kappa shape index (κ3) is 3.92. The van der Waals surface area contributed by atoms with Gasteiger partial charge in [0.15, 0.2) is 0 Å². The van der Waals surface area contributed by atoms with E-state index in [9.17, 15) is 16.8 Å². The highest BCUT2D eigenvalue weighted by molar-refractivity contribution is 7.92. The average Bonchev–Trinajstić information content (AvgIpc) is 3.02. The Morgan fingerprint density at radius 3 is 2.42 bits per heavy atom. The average molecular weight is 304 g/mol. The molecule has 2 rings (SSSR count). The molecule has 6 nitrogen and oxygen atoms in total. The summed E-state index contributed by atoms with van der Waals surface area (Å²) in [7, 11) is -7.28. The molecule has 0 heterocycles. The van der Waals surface area contributed by atoms with Gasteiger partial charge in [-0.3, -0.25) is 4.72 Å². The zero-order valence-electron chi connectivity index (χ0n) is 10.5. The van der Waals surface area contributed by atoms with Crippen molar-refractivity contribution in [2.24, 2.45) is 11.1 Å². The van der Waals surface area contributed by atoms with Gasteiger partial charge >= 0.3 is 0 Å². The number of nitrogens with two attached hydrogens (primary N) is 1. The maximum atomic E-state index is 11.9. The number of rotatable bonds is 5. The van der Waals surface area contributed by atoms with Gasteiger partial charge in [0.25, 0.3) is 0 Å². The lowest BCUT2D eigenvalue weighted by atomic mass is 10.2. The molecule has 1 aromatic carbocycles. The number of sulfonamides is 2. The number of benzene rings is 1. The van der Waals surface area contributed by atoms with Gasteiger partial charge < -0.3 is 0 Å². The van der Waals surface area contributed by atoms with Crippen LogP contribution in [-0.2, 0) is 20.0 Å². The Hall–Kier alpha value is -1.12. The lowest BCUT2D eigenvalue weighted by molar-refractivity contribution is 0.595. The van der Waals surface area contributed by atoms with Crippen molar-refractivity contribution in [2.75, 3.05) is 10.5 Å². The van der Waals surface area contributed by atoms with Crippen molar-refractivity contribution < 1.29 is 16.8 Å². The maximum Gasteiger partial charge on any atom is 0.238 e. The van der Waals surface area contributed by atoms with Crippen LogP contribution in [0.15, 0.2) is 23.1 Å². The van der Waals surface area contributed by atoms with E-state index in [1.54, 1.807) is 6.92 Å². The lowest BCUT2D eigenvalue weighted by Crippen LogP contribution is -2.19. The van der Waals surface area contributed by atoms with Crippen molar-refractivity contribution in [2.45, 2.75) is 24.7 Å². The van der Waals surface area contributed by atoms with Crippen molar-refractivity contribution in [1.29, 1.82) is 0 Å². The minimum absolute atomic E-state index is 0.0754. The van der Waals surface area contributed by atoms with Crippen LogP contribution in [0.3, 0.4) is 0 Å². The van der Waals surface area contributed by atoms with Gasteiger partial charge in [0.2, 0.25) is 20.0 Å². The molecular weight excluding hydrogens is 288 g/mol. The van der Waals surface area contributed by atoms with Crippen molar-refractivity contribution in [1.82, 2.24) is 0 Å². The molecule has 1 aliphatic rings. The Balaban J connectivity index is 2.28. The zero-order chi connectivity index (χ0) is 14.3. The molecule has 8 heteroatoms. The van der Waals surface area contributed by atoms with Crippen molar-refractivity contribution >= 4 is 25.7 Å². The molecular formula is C11H16N2O4S2. The van der Waals surface area contributed by atoms with E-state index in [0.29, 0.717) is 5.56 Å². The summed E-state index contributed by atoms with van der Waals surface area (Å²) in [6.45, 7) is 1.70. The fraction of sp³-hybridized carbons (Fsp3) is 0.455. The van der Waals surface area contributed by atoms with E-state index in [0.717, 1.165) is 12.8 Å².